The molecule has 1 amide bonds. The predicted octanol–water partition coefficient (Wildman–Crippen LogP) is 0.574. The molecule has 0 N–H and O–H groups in total. The Bertz CT molecular complexity index is 174. The quantitative estimate of drug-likeness (QED) is 0.586. The largest absolute Gasteiger partial charge is 0.361 e. The predicted molar refractivity (Wildman–Crippen MR) is 43.3 cm³/mol. The number of hydrogen-bond acceptors (Lipinski definition) is 3. The topological polar surface area (TPSA) is 38.8 Å². The van der Waals surface area contributed by atoms with E-state index < -0.39 is 5.72 Å². The van der Waals surface area contributed by atoms with Crippen molar-refractivity contribution in [2.45, 2.75) is 31.7 Å². The fourth-order valence-corrected chi connectivity index (χ4v) is 1.58. The molecular weight excluding hydrogens is 158 g/mol. The van der Waals surface area contributed by atoms with E-state index in [-0.39, 0.29) is 6.23 Å². The van der Waals surface area contributed by atoms with Crippen molar-refractivity contribution >= 4 is 6.41 Å². The second-order valence-corrected chi connectivity index (χ2v) is 3.12. The Morgan fingerprint density at radius 2 is 2.25 bits per heavy atom. The minimum atomic E-state index is -0.484. The Morgan fingerprint density at radius 1 is 1.58 bits per heavy atom. The zero-order valence-corrected chi connectivity index (χ0v) is 7.74. The van der Waals surface area contributed by atoms with Crippen LogP contribution in [-0.4, -0.2) is 37.5 Å². The van der Waals surface area contributed by atoms with Gasteiger partial charge in [-0.15, -0.1) is 0 Å². The van der Waals surface area contributed by atoms with E-state index in [0.29, 0.717) is 0 Å². The minimum Gasteiger partial charge on any atom is -0.361 e. The number of likely N-dealkylation sites (tertiary alicyclic amines) is 1. The van der Waals surface area contributed by atoms with Crippen LogP contribution in [0.4, 0.5) is 0 Å². The summed E-state index contributed by atoms with van der Waals surface area (Å²) in [5.74, 6) is 0. The monoisotopic (exact) mass is 173 g/mol. The van der Waals surface area contributed by atoms with Crippen molar-refractivity contribution in [1.29, 1.82) is 0 Å². The molecule has 0 radical (unpaired) electrons. The van der Waals surface area contributed by atoms with Crippen LogP contribution in [0.1, 0.15) is 19.8 Å². The zero-order valence-electron chi connectivity index (χ0n) is 7.74. The van der Waals surface area contributed by atoms with Crippen molar-refractivity contribution in [1.82, 2.24) is 4.90 Å². The van der Waals surface area contributed by atoms with Crippen molar-refractivity contribution in [3.63, 3.8) is 0 Å². The van der Waals surface area contributed by atoms with E-state index in [4.69, 9.17) is 9.47 Å². The molecule has 1 aliphatic heterocycles. The summed E-state index contributed by atoms with van der Waals surface area (Å²) in [6.07, 6.45) is 2.30. The lowest BCUT2D eigenvalue weighted by molar-refractivity contribution is -0.164. The van der Waals surface area contributed by atoms with Crippen LogP contribution in [0.15, 0.2) is 0 Å². The molecular formula is C8H15NO3. The molecule has 1 heterocycles. The first-order chi connectivity index (χ1) is 5.68. The van der Waals surface area contributed by atoms with E-state index in [9.17, 15) is 4.79 Å². The lowest BCUT2D eigenvalue weighted by atomic mass is 10.2. The second-order valence-electron chi connectivity index (χ2n) is 3.12. The van der Waals surface area contributed by atoms with Gasteiger partial charge in [-0.2, -0.15) is 0 Å². The lowest BCUT2D eigenvalue weighted by Gasteiger charge is -2.33. The van der Waals surface area contributed by atoms with Gasteiger partial charge in [0, 0.05) is 14.2 Å². The van der Waals surface area contributed by atoms with E-state index in [1.165, 1.54) is 0 Å². The highest BCUT2D eigenvalue weighted by molar-refractivity contribution is 5.49. The van der Waals surface area contributed by atoms with Crippen LogP contribution in [0.2, 0.25) is 0 Å². The maximum atomic E-state index is 10.7. The molecule has 0 aromatic carbocycles. The first-order valence-electron chi connectivity index (χ1n) is 3.99. The summed E-state index contributed by atoms with van der Waals surface area (Å²) >= 11 is 0. The molecule has 2 atom stereocenters. The number of nitrogens with zero attached hydrogens (tertiary/aromatic N) is 1. The van der Waals surface area contributed by atoms with Gasteiger partial charge in [0.15, 0.2) is 0 Å². The van der Waals surface area contributed by atoms with E-state index in [1.807, 2.05) is 6.92 Å². The molecule has 1 saturated heterocycles. The van der Waals surface area contributed by atoms with Crippen LogP contribution in [0.25, 0.3) is 0 Å². The normalized spacial score (nSPS) is 35.6. The third-order valence-corrected chi connectivity index (χ3v) is 2.54. The van der Waals surface area contributed by atoms with Gasteiger partial charge in [-0.25, -0.2) is 0 Å². The van der Waals surface area contributed by atoms with Crippen LogP contribution in [0, 0.1) is 0 Å². The number of methoxy groups -OCH3 is 2. The average Bonchev–Trinajstić information content (AvgIpc) is 2.43. The van der Waals surface area contributed by atoms with Crippen LogP contribution in [-0.2, 0) is 14.3 Å². The van der Waals surface area contributed by atoms with Gasteiger partial charge in [0.25, 0.3) is 0 Å². The zero-order chi connectivity index (χ0) is 9.19. The Morgan fingerprint density at radius 3 is 2.67 bits per heavy atom. The Kier molecular flexibility index (Phi) is 2.69. The first kappa shape index (κ1) is 9.48. The molecule has 2 unspecified atom stereocenters. The van der Waals surface area contributed by atoms with Gasteiger partial charge in [-0.3, -0.25) is 9.69 Å². The molecule has 0 spiro atoms. The maximum Gasteiger partial charge on any atom is 0.214 e. The number of amides is 1. The molecule has 0 aromatic heterocycles. The highest BCUT2D eigenvalue weighted by Gasteiger charge is 2.42. The third kappa shape index (κ3) is 1.32. The van der Waals surface area contributed by atoms with E-state index in [2.05, 4.69) is 0 Å². The highest BCUT2D eigenvalue weighted by atomic mass is 16.5. The minimum absolute atomic E-state index is 0.132. The number of rotatable bonds is 3. The molecule has 1 rings (SSSR count). The summed E-state index contributed by atoms with van der Waals surface area (Å²) in [7, 11) is 3.21. The molecule has 70 valence electrons. The van der Waals surface area contributed by atoms with Gasteiger partial charge in [-0.1, -0.05) is 0 Å². The van der Waals surface area contributed by atoms with Crippen LogP contribution >= 0.6 is 0 Å². The first-order valence-corrected chi connectivity index (χ1v) is 3.99. The van der Waals surface area contributed by atoms with Crippen LogP contribution in [0.3, 0.4) is 0 Å². The smallest absolute Gasteiger partial charge is 0.214 e. The Hall–Kier alpha value is -0.610. The fraction of sp³-hybridized carbons (Fsp3) is 0.875. The van der Waals surface area contributed by atoms with Crippen molar-refractivity contribution in [2.24, 2.45) is 0 Å². The molecule has 0 aliphatic carbocycles. The summed E-state index contributed by atoms with van der Waals surface area (Å²) in [4.78, 5) is 12.3. The highest BCUT2D eigenvalue weighted by Crippen LogP contribution is 2.32. The number of hydrogen-bond donors (Lipinski definition) is 0. The van der Waals surface area contributed by atoms with Crippen molar-refractivity contribution < 1.29 is 14.3 Å². The van der Waals surface area contributed by atoms with Crippen molar-refractivity contribution in [2.75, 3.05) is 14.2 Å². The summed E-state index contributed by atoms with van der Waals surface area (Å²) in [6.45, 7) is 1.89. The summed E-state index contributed by atoms with van der Waals surface area (Å²) < 4.78 is 10.4. The maximum absolute atomic E-state index is 10.7. The molecule has 4 nitrogen and oxygen atoms in total. The van der Waals surface area contributed by atoms with Crippen molar-refractivity contribution in [3.05, 3.63) is 0 Å². The van der Waals surface area contributed by atoms with Crippen molar-refractivity contribution in [3.8, 4) is 0 Å². The van der Waals surface area contributed by atoms with Gasteiger partial charge >= 0.3 is 0 Å². The van der Waals surface area contributed by atoms with Crippen LogP contribution in [0.5, 0.6) is 0 Å². The number of carbonyl (C=O) groups excluding carboxylic acids is 1. The Labute approximate surface area is 72.4 Å². The van der Waals surface area contributed by atoms with E-state index >= 15 is 0 Å². The number of carbonyl (C=O) groups is 1. The van der Waals surface area contributed by atoms with Gasteiger partial charge in [0.2, 0.25) is 6.41 Å². The number of ether oxygens (including phenoxy) is 2. The summed E-state index contributed by atoms with van der Waals surface area (Å²) in [5, 5.41) is 0. The lowest BCUT2D eigenvalue weighted by Crippen LogP contribution is -2.46. The SMILES string of the molecule is COC1CCC(C)(OC)N1C=O. The summed E-state index contributed by atoms with van der Waals surface area (Å²) in [5.41, 5.74) is -0.484. The molecule has 0 bridgehead atoms. The Balaban J connectivity index is 2.74. The standard InChI is InChI=1S/C8H15NO3/c1-8(12-3)5-4-7(11-2)9(8)6-10/h6-7H,4-5H2,1-3H3. The van der Waals surface area contributed by atoms with E-state index in [0.717, 1.165) is 19.3 Å². The molecule has 4 heteroatoms. The van der Waals surface area contributed by atoms with Gasteiger partial charge < -0.3 is 9.47 Å². The van der Waals surface area contributed by atoms with Gasteiger partial charge in [0.1, 0.15) is 12.0 Å². The molecule has 12 heavy (non-hydrogen) atoms. The fourth-order valence-electron chi connectivity index (χ4n) is 1.58. The molecule has 1 aliphatic rings. The average molecular weight is 173 g/mol. The van der Waals surface area contributed by atoms with Gasteiger partial charge in [-0.05, 0) is 19.8 Å². The molecule has 1 fully saturated rings. The molecule has 0 aromatic rings. The summed E-state index contributed by atoms with van der Waals surface area (Å²) in [6, 6.07) is 0. The van der Waals surface area contributed by atoms with Gasteiger partial charge in [0.05, 0.1) is 0 Å². The second kappa shape index (κ2) is 3.41. The van der Waals surface area contributed by atoms with E-state index in [1.54, 1.807) is 19.1 Å². The molecule has 0 saturated carbocycles. The van der Waals surface area contributed by atoms with Crippen LogP contribution < -0.4 is 0 Å². The third-order valence-electron chi connectivity index (χ3n) is 2.54.